The quantitative estimate of drug-likeness (QED) is 0.907. The van der Waals surface area contributed by atoms with Crippen molar-refractivity contribution in [2.45, 2.75) is 51.5 Å². The molecule has 0 aromatic carbocycles. The average Bonchev–Trinajstić information content (AvgIpc) is 3.08. The van der Waals surface area contributed by atoms with Gasteiger partial charge in [-0.1, -0.05) is 12.8 Å². The van der Waals surface area contributed by atoms with Gasteiger partial charge in [-0.05, 0) is 56.4 Å². The molecule has 0 unspecified atom stereocenters. The first kappa shape index (κ1) is 14.4. The van der Waals surface area contributed by atoms with Crippen LogP contribution in [0.3, 0.4) is 0 Å². The molecular formula is C17H21NO2S. The van der Waals surface area contributed by atoms with E-state index in [9.17, 15) is 4.79 Å². The molecule has 0 fully saturated rings. The highest BCUT2D eigenvalue weighted by atomic mass is 32.1. The summed E-state index contributed by atoms with van der Waals surface area (Å²) >= 11 is 1.66. The summed E-state index contributed by atoms with van der Waals surface area (Å²) in [5.74, 6) is 0.800. The van der Waals surface area contributed by atoms with Crippen LogP contribution in [0.5, 0.6) is 0 Å². The Morgan fingerprint density at radius 1 is 1.29 bits per heavy atom. The Morgan fingerprint density at radius 3 is 2.86 bits per heavy atom. The minimum atomic E-state index is -0.0998. The number of hydrogen-bond acceptors (Lipinski definition) is 3. The summed E-state index contributed by atoms with van der Waals surface area (Å²) in [7, 11) is 0. The van der Waals surface area contributed by atoms with Crippen LogP contribution in [-0.2, 0) is 12.8 Å². The fraction of sp³-hybridized carbons (Fsp3) is 0.471. The third-order valence-corrected chi connectivity index (χ3v) is 5.27. The SMILES string of the molecule is C[C@@H](NC(=O)c1cc2c(s1)CCCCCC2)c1ccco1. The first-order chi connectivity index (χ1) is 10.2. The minimum Gasteiger partial charge on any atom is -0.467 e. The van der Waals surface area contributed by atoms with Gasteiger partial charge in [0.05, 0.1) is 17.2 Å². The topological polar surface area (TPSA) is 42.2 Å². The number of carbonyl (C=O) groups is 1. The number of furan rings is 1. The van der Waals surface area contributed by atoms with E-state index in [4.69, 9.17) is 4.42 Å². The van der Waals surface area contributed by atoms with Crippen molar-refractivity contribution in [2.24, 2.45) is 0 Å². The van der Waals surface area contributed by atoms with Crippen LogP contribution in [-0.4, -0.2) is 5.91 Å². The lowest BCUT2D eigenvalue weighted by atomic mass is 10.00. The zero-order valence-corrected chi connectivity index (χ0v) is 13.2. The van der Waals surface area contributed by atoms with E-state index in [1.165, 1.54) is 36.1 Å². The third kappa shape index (κ3) is 3.38. The summed E-state index contributed by atoms with van der Waals surface area (Å²) in [6.07, 6.45) is 8.99. The Morgan fingerprint density at radius 2 is 2.10 bits per heavy atom. The van der Waals surface area contributed by atoms with Crippen molar-refractivity contribution in [3.8, 4) is 0 Å². The van der Waals surface area contributed by atoms with Crippen molar-refractivity contribution in [2.75, 3.05) is 0 Å². The molecule has 0 radical (unpaired) electrons. The lowest BCUT2D eigenvalue weighted by Gasteiger charge is -2.10. The van der Waals surface area contributed by atoms with Crippen LogP contribution in [0, 0.1) is 0 Å². The maximum absolute atomic E-state index is 12.4. The molecule has 1 aliphatic carbocycles. The molecule has 1 aliphatic rings. The van der Waals surface area contributed by atoms with Crippen molar-refractivity contribution in [3.63, 3.8) is 0 Å². The number of thiophene rings is 1. The Kier molecular flexibility index (Phi) is 4.44. The van der Waals surface area contributed by atoms with Crippen LogP contribution in [0.2, 0.25) is 0 Å². The van der Waals surface area contributed by atoms with Crippen LogP contribution in [0.15, 0.2) is 28.9 Å². The van der Waals surface area contributed by atoms with Gasteiger partial charge in [-0.25, -0.2) is 0 Å². The predicted molar refractivity (Wildman–Crippen MR) is 84.8 cm³/mol. The normalized spacial score (nSPS) is 16.6. The first-order valence-electron chi connectivity index (χ1n) is 7.70. The highest BCUT2D eigenvalue weighted by Crippen LogP contribution is 2.28. The zero-order valence-electron chi connectivity index (χ0n) is 12.4. The largest absolute Gasteiger partial charge is 0.467 e. The molecule has 3 nitrogen and oxygen atoms in total. The van der Waals surface area contributed by atoms with Crippen LogP contribution in [0.25, 0.3) is 0 Å². The van der Waals surface area contributed by atoms with Crippen molar-refractivity contribution >= 4 is 17.2 Å². The van der Waals surface area contributed by atoms with Gasteiger partial charge in [0.2, 0.25) is 0 Å². The Balaban J connectivity index is 1.71. The van der Waals surface area contributed by atoms with Crippen molar-refractivity contribution in [3.05, 3.63) is 45.5 Å². The van der Waals surface area contributed by atoms with E-state index >= 15 is 0 Å². The molecule has 1 amide bonds. The summed E-state index contributed by atoms with van der Waals surface area (Å²) in [4.78, 5) is 14.6. The molecule has 1 N–H and O–H groups in total. The lowest BCUT2D eigenvalue weighted by Crippen LogP contribution is -2.25. The molecule has 112 valence electrons. The summed E-state index contributed by atoms with van der Waals surface area (Å²) < 4.78 is 5.34. The molecule has 0 bridgehead atoms. The maximum atomic E-state index is 12.4. The fourth-order valence-corrected chi connectivity index (χ4v) is 3.99. The molecule has 4 heteroatoms. The van der Waals surface area contributed by atoms with E-state index in [-0.39, 0.29) is 11.9 Å². The summed E-state index contributed by atoms with van der Waals surface area (Å²) in [5.41, 5.74) is 1.38. The number of carbonyl (C=O) groups excluding carboxylic acids is 1. The highest BCUT2D eigenvalue weighted by Gasteiger charge is 2.18. The average molecular weight is 303 g/mol. The number of rotatable bonds is 3. The predicted octanol–water partition coefficient (Wildman–Crippen LogP) is 4.49. The Bertz CT molecular complexity index is 575. The van der Waals surface area contributed by atoms with E-state index in [0.717, 1.165) is 23.5 Å². The molecule has 2 aromatic heterocycles. The van der Waals surface area contributed by atoms with Gasteiger partial charge in [0.1, 0.15) is 5.76 Å². The van der Waals surface area contributed by atoms with Crippen LogP contribution >= 0.6 is 11.3 Å². The van der Waals surface area contributed by atoms with Gasteiger partial charge in [-0.2, -0.15) is 0 Å². The smallest absolute Gasteiger partial charge is 0.261 e. The second-order valence-electron chi connectivity index (χ2n) is 5.68. The van der Waals surface area contributed by atoms with E-state index in [0.29, 0.717) is 0 Å². The number of fused-ring (bicyclic) bond motifs is 1. The molecule has 3 rings (SSSR count). The summed E-state index contributed by atoms with van der Waals surface area (Å²) in [6.45, 7) is 1.94. The van der Waals surface area contributed by atoms with Crippen molar-refractivity contribution in [1.29, 1.82) is 0 Å². The summed E-state index contributed by atoms with van der Waals surface area (Å²) in [6, 6.07) is 5.72. The standard InChI is InChI=1S/C17H21NO2S/c1-12(14-8-6-10-20-14)18-17(19)16-11-13-7-4-2-3-5-9-15(13)21-16/h6,8,10-12H,2-5,7,9H2,1H3,(H,18,19)/t12-/m1/s1. The minimum absolute atomic E-state index is 0.00986. The van der Waals surface area contributed by atoms with E-state index in [1.54, 1.807) is 17.6 Å². The van der Waals surface area contributed by atoms with E-state index in [1.807, 2.05) is 19.1 Å². The lowest BCUT2D eigenvalue weighted by molar-refractivity contribution is 0.0939. The maximum Gasteiger partial charge on any atom is 0.261 e. The van der Waals surface area contributed by atoms with E-state index < -0.39 is 0 Å². The Labute approximate surface area is 129 Å². The van der Waals surface area contributed by atoms with Crippen molar-refractivity contribution in [1.82, 2.24) is 5.32 Å². The van der Waals surface area contributed by atoms with Crippen LogP contribution in [0.4, 0.5) is 0 Å². The third-order valence-electron chi connectivity index (χ3n) is 4.04. The summed E-state index contributed by atoms with van der Waals surface area (Å²) in [5, 5.41) is 3.02. The number of aryl methyl sites for hydroxylation is 2. The van der Waals surface area contributed by atoms with Gasteiger partial charge in [0.15, 0.2) is 0 Å². The van der Waals surface area contributed by atoms with Gasteiger partial charge in [0, 0.05) is 4.88 Å². The molecule has 21 heavy (non-hydrogen) atoms. The first-order valence-corrected chi connectivity index (χ1v) is 8.51. The van der Waals surface area contributed by atoms with Crippen LogP contribution < -0.4 is 5.32 Å². The van der Waals surface area contributed by atoms with Crippen LogP contribution in [0.1, 0.15) is 64.5 Å². The zero-order chi connectivity index (χ0) is 14.7. The number of hydrogen-bond donors (Lipinski definition) is 1. The molecular weight excluding hydrogens is 282 g/mol. The van der Waals surface area contributed by atoms with E-state index in [2.05, 4.69) is 11.4 Å². The molecule has 2 aromatic rings. The van der Waals surface area contributed by atoms with Gasteiger partial charge in [-0.15, -0.1) is 11.3 Å². The molecule has 0 spiro atoms. The van der Waals surface area contributed by atoms with Gasteiger partial charge in [0.25, 0.3) is 5.91 Å². The van der Waals surface area contributed by atoms with Crippen molar-refractivity contribution < 1.29 is 9.21 Å². The number of nitrogens with one attached hydrogen (secondary N) is 1. The Hall–Kier alpha value is -1.55. The molecule has 0 aliphatic heterocycles. The fourth-order valence-electron chi connectivity index (χ4n) is 2.83. The second-order valence-corrected chi connectivity index (χ2v) is 6.82. The molecule has 2 heterocycles. The molecule has 0 saturated carbocycles. The van der Waals surface area contributed by atoms with Gasteiger partial charge < -0.3 is 9.73 Å². The molecule has 1 atom stereocenters. The monoisotopic (exact) mass is 303 g/mol. The second kappa shape index (κ2) is 6.48. The molecule has 0 saturated heterocycles. The van der Waals surface area contributed by atoms with Gasteiger partial charge >= 0.3 is 0 Å². The highest BCUT2D eigenvalue weighted by molar-refractivity contribution is 7.14. The number of amides is 1. The van der Waals surface area contributed by atoms with Gasteiger partial charge in [-0.3, -0.25) is 4.79 Å².